The number of nitrogens with one attached hydrogen (secondary N) is 2. The van der Waals surface area contributed by atoms with E-state index in [2.05, 4.69) is 24.5 Å². The fourth-order valence-electron chi connectivity index (χ4n) is 1.47. The lowest BCUT2D eigenvalue weighted by molar-refractivity contribution is -0.117. The third kappa shape index (κ3) is 2.44. The largest absolute Gasteiger partial charge is 0.385 e. The first-order valence-electron chi connectivity index (χ1n) is 4.89. The van der Waals surface area contributed by atoms with Gasteiger partial charge in [-0.25, -0.2) is 0 Å². The van der Waals surface area contributed by atoms with Crippen LogP contribution in [0.4, 0.5) is 0 Å². The van der Waals surface area contributed by atoms with Gasteiger partial charge in [-0.2, -0.15) is 0 Å². The van der Waals surface area contributed by atoms with E-state index >= 15 is 0 Å². The van der Waals surface area contributed by atoms with Gasteiger partial charge in [-0.05, 0) is 19.1 Å². The molecule has 0 unspecified atom stereocenters. The molecule has 0 saturated carbocycles. The Morgan fingerprint density at radius 3 is 2.64 bits per heavy atom. The molecule has 1 heterocycles. The van der Waals surface area contributed by atoms with Crippen LogP contribution >= 0.6 is 11.8 Å². The predicted octanol–water partition coefficient (Wildman–Crippen LogP) is 1.32. The molecule has 1 amide bonds. The van der Waals surface area contributed by atoms with E-state index in [1.165, 1.54) is 11.8 Å². The standard InChI is InChI=1S/C10H18N2OS/c1-6(2)8-9(14-4)10(13)12-7(3)5-11-8/h6-7,11H,5H2,1-4H3,(H,12,13)/t7-/m1/s1. The summed E-state index contributed by atoms with van der Waals surface area (Å²) in [6, 6.07) is 0.195. The van der Waals surface area contributed by atoms with E-state index in [0.29, 0.717) is 5.92 Å². The molecular weight excluding hydrogens is 196 g/mol. The summed E-state index contributed by atoms with van der Waals surface area (Å²) in [5.74, 6) is 0.423. The first kappa shape index (κ1) is 11.4. The number of hydrogen-bond acceptors (Lipinski definition) is 3. The van der Waals surface area contributed by atoms with Crippen molar-refractivity contribution in [3.8, 4) is 0 Å². The molecule has 4 heteroatoms. The van der Waals surface area contributed by atoms with Crippen molar-refractivity contribution in [3.63, 3.8) is 0 Å². The average Bonchev–Trinajstić information content (AvgIpc) is 2.23. The minimum absolute atomic E-state index is 0.0544. The Bertz CT molecular complexity index is 261. The van der Waals surface area contributed by atoms with Crippen LogP contribution < -0.4 is 10.6 Å². The summed E-state index contributed by atoms with van der Waals surface area (Å²) < 4.78 is 0. The van der Waals surface area contributed by atoms with Crippen molar-refractivity contribution in [2.24, 2.45) is 5.92 Å². The van der Waals surface area contributed by atoms with Crippen LogP contribution in [-0.4, -0.2) is 24.7 Å². The Balaban J connectivity index is 2.97. The molecule has 0 bridgehead atoms. The van der Waals surface area contributed by atoms with E-state index in [1.54, 1.807) is 0 Å². The van der Waals surface area contributed by atoms with Crippen LogP contribution in [0.15, 0.2) is 10.6 Å². The summed E-state index contributed by atoms with van der Waals surface area (Å²) in [7, 11) is 0. The fraction of sp³-hybridized carbons (Fsp3) is 0.700. The quantitative estimate of drug-likeness (QED) is 0.728. The summed E-state index contributed by atoms with van der Waals surface area (Å²) in [6.45, 7) is 7.01. The zero-order valence-electron chi connectivity index (χ0n) is 9.18. The van der Waals surface area contributed by atoms with Gasteiger partial charge < -0.3 is 10.6 Å². The van der Waals surface area contributed by atoms with Crippen molar-refractivity contribution >= 4 is 17.7 Å². The van der Waals surface area contributed by atoms with E-state index in [4.69, 9.17) is 0 Å². The van der Waals surface area contributed by atoms with Crippen LogP contribution in [0.1, 0.15) is 20.8 Å². The monoisotopic (exact) mass is 214 g/mol. The van der Waals surface area contributed by atoms with Crippen LogP contribution in [0, 0.1) is 5.92 Å². The summed E-state index contributed by atoms with van der Waals surface area (Å²) in [4.78, 5) is 12.6. The van der Waals surface area contributed by atoms with Gasteiger partial charge in [0.05, 0.1) is 4.91 Å². The summed E-state index contributed by atoms with van der Waals surface area (Å²) in [5, 5.41) is 6.29. The summed E-state index contributed by atoms with van der Waals surface area (Å²) >= 11 is 1.51. The second-order valence-corrected chi connectivity index (χ2v) is 4.67. The lowest BCUT2D eigenvalue weighted by atomic mass is 10.1. The van der Waals surface area contributed by atoms with Crippen LogP contribution in [0.3, 0.4) is 0 Å². The fourth-order valence-corrected chi connectivity index (χ4v) is 2.25. The highest BCUT2D eigenvalue weighted by Gasteiger charge is 2.22. The van der Waals surface area contributed by atoms with Crippen molar-refractivity contribution in [2.75, 3.05) is 12.8 Å². The molecule has 1 atom stereocenters. The van der Waals surface area contributed by atoms with Crippen molar-refractivity contribution in [2.45, 2.75) is 26.8 Å². The van der Waals surface area contributed by atoms with Crippen LogP contribution in [0.5, 0.6) is 0 Å². The van der Waals surface area contributed by atoms with Gasteiger partial charge >= 0.3 is 0 Å². The van der Waals surface area contributed by atoms with Gasteiger partial charge in [-0.15, -0.1) is 11.8 Å². The van der Waals surface area contributed by atoms with Gasteiger partial charge in [0.2, 0.25) is 0 Å². The van der Waals surface area contributed by atoms with Crippen molar-refractivity contribution in [1.29, 1.82) is 0 Å². The zero-order valence-corrected chi connectivity index (χ0v) is 9.99. The van der Waals surface area contributed by atoms with E-state index in [1.807, 2.05) is 13.2 Å². The number of amides is 1. The molecule has 14 heavy (non-hydrogen) atoms. The molecular formula is C10H18N2OS. The molecule has 3 nitrogen and oxygen atoms in total. The Kier molecular flexibility index (Phi) is 3.86. The third-order valence-corrected chi connectivity index (χ3v) is 3.02. The SMILES string of the molecule is CSC1=C(C(C)C)NC[C@@H](C)NC1=O. The van der Waals surface area contributed by atoms with Gasteiger partial charge in [0.15, 0.2) is 0 Å². The van der Waals surface area contributed by atoms with Crippen molar-refractivity contribution in [1.82, 2.24) is 10.6 Å². The predicted molar refractivity (Wildman–Crippen MR) is 61.0 cm³/mol. The molecule has 0 aromatic carbocycles. The van der Waals surface area contributed by atoms with Gasteiger partial charge in [-0.3, -0.25) is 4.79 Å². The second-order valence-electron chi connectivity index (χ2n) is 3.86. The van der Waals surface area contributed by atoms with Crippen LogP contribution in [-0.2, 0) is 4.79 Å². The molecule has 0 aromatic rings. The van der Waals surface area contributed by atoms with Crippen molar-refractivity contribution in [3.05, 3.63) is 10.6 Å². The van der Waals surface area contributed by atoms with Gasteiger partial charge in [0, 0.05) is 18.3 Å². The van der Waals surface area contributed by atoms with E-state index < -0.39 is 0 Å². The molecule has 1 rings (SSSR count). The molecule has 1 aliphatic rings. The Morgan fingerprint density at radius 1 is 1.50 bits per heavy atom. The maximum absolute atomic E-state index is 11.7. The smallest absolute Gasteiger partial charge is 0.259 e. The highest BCUT2D eigenvalue weighted by Crippen LogP contribution is 2.22. The van der Waals surface area contributed by atoms with Gasteiger partial charge in [0.1, 0.15) is 0 Å². The highest BCUT2D eigenvalue weighted by molar-refractivity contribution is 8.03. The molecule has 80 valence electrons. The lowest BCUT2D eigenvalue weighted by Crippen LogP contribution is -2.36. The van der Waals surface area contributed by atoms with Crippen molar-refractivity contribution < 1.29 is 4.79 Å². The molecule has 0 spiro atoms. The Hall–Kier alpha value is -0.640. The summed E-state index contributed by atoms with van der Waals surface area (Å²) in [6.07, 6.45) is 1.94. The lowest BCUT2D eigenvalue weighted by Gasteiger charge is -2.14. The molecule has 0 aliphatic carbocycles. The highest BCUT2D eigenvalue weighted by atomic mass is 32.2. The minimum atomic E-state index is 0.0544. The number of carbonyl (C=O) groups excluding carboxylic acids is 1. The number of carbonyl (C=O) groups is 1. The van der Waals surface area contributed by atoms with Gasteiger partial charge in [0.25, 0.3) is 5.91 Å². The molecule has 0 fully saturated rings. The molecule has 0 radical (unpaired) electrons. The van der Waals surface area contributed by atoms with Crippen LogP contribution in [0.25, 0.3) is 0 Å². The summed E-state index contributed by atoms with van der Waals surface area (Å²) in [5.41, 5.74) is 1.07. The number of thioether (sulfide) groups is 1. The minimum Gasteiger partial charge on any atom is -0.385 e. The normalized spacial score (nSPS) is 23.2. The maximum atomic E-state index is 11.7. The third-order valence-electron chi connectivity index (χ3n) is 2.21. The first-order valence-corrected chi connectivity index (χ1v) is 6.11. The van der Waals surface area contributed by atoms with E-state index in [9.17, 15) is 4.79 Å². The van der Waals surface area contributed by atoms with Crippen LogP contribution in [0.2, 0.25) is 0 Å². The van der Waals surface area contributed by atoms with Gasteiger partial charge in [-0.1, -0.05) is 13.8 Å². The zero-order chi connectivity index (χ0) is 10.7. The average molecular weight is 214 g/mol. The molecule has 0 saturated heterocycles. The molecule has 1 aliphatic heterocycles. The number of allylic oxidation sites excluding steroid dienone is 1. The molecule has 2 N–H and O–H groups in total. The molecule has 0 aromatic heterocycles. The Labute approximate surface area is 89.7 Å². The number of hydrogen-bond donors (Lipinski definition) is 2. The maximum Gasteiger partial charge on any atom is 0.259 e. The number of rotatable bonds is 2. The second kappa shape index (κ2) is 4.73. The van der Waals surface area contributed by atoms with E-state index in [0.717, 1.165) is 17.1 Å². The Morgan fingerprint density at radius 2 is 2.14 bits per heavy atom. The topological polar surface area (TPSA) is 41.1 Å². The van der Waals surface area contributed by atoms with E-state index in [-0.39, 0.29) is 11.9 Å². The first-order chi connectivity index (χ1) is 6.56.